The van der Waals surface area contributed by atoms with E-state index in [-0.39, 0.29) is 22.7 Å². The minimum Gasteiger partial charge on any atom is -0.493 e. The van der Waals surface area contributed by atoms with Gasteiger partial charge >= 0.3 is 0 Å². The van der Waals surface area contributed by atoms with Crippen LogP contribution in [0.25, 0.3) is 0 Å². The van der Waals surface area contributed by atoms with E-state index in [0.717, 1.165) is 4.57 Å². The standard InChI is InChI=1S/C17H17N5O3/c1-10-13(9-18)16(24)22(4)17(25)14(10)20-19-12-7-5-11(6-8-12)15(23)21(2)3/h5-8,24H,1-4H3. The molecule has 1 amide bonds. The molecular weight excluding hydrogens is 322 g/mol. The molecule has 25 heavy (non-hydrogen) atoms. The number of rotatable bonds is 3. The molecule has 0 saturated heterocycles. The predicted molar refractivity (Wildman–Crippen MR) is 91.4 cm³/mol. The van der Waals surface area contributed by atoms with Crippen molar-refractivity contribution in [1.29, 1.82) is 5.26 Å². The molecule has 1 aromatic heterocycles. The zero-order chi connectivity index (χ0) is 18.7. The average Bonchev–Trinajstić information content (AvgIpc) is 2.60. The van der Waals surface area contributed by atoms with Crippen LogP contribution in [0.1, 0.15) is 21.5 Å². The fourth-order valence-electron chi connectivity index (χ4n) is 2.16. The average molecular weight is 339 g/mol. The van der Waals surface area contributed by atoms with Crippen LogP contribution < -0.4 is 5.56 Å². The van der Waals surface area contributed by atoms with Crippen molar-refractivity contribution in [1.82, 2.24) is 9.47 Å². The lowest BCUT2D eigenvalue weighted by Gasteiger charge is -2.09. The maximum Gasteiger partial charge on any atom is 0.281 e. The smallest absolute Gasteiger partial charge is 0.281 e. The summed E-state index contributed by atoms with van der Waals surface area (Å²) in [6.45, 7) is 1.52. The van der Waals surface area contributed by atoms with E-state index in [2.05, 4.69) is 10.2 Å². The number of aromatic nitrogens is 1. The van der Waals surface area contributed by atoms with Gasteiger partial charge in [-0.2, -0.15) is 10.4 Å². The van der Waals surface area contributed by atoms with E-state index in [1.807, 2.05) is 6.07 Å². The van der Waals surface area contributed by atoms with Crippen molar-refractivity contribution in [2.24, 2.45) is 17.3 Å². The van der Waals surface area contributed by atoms with Gasteiger partial charge < -0.3 is 10.0 Å². The molecule has 1 N–H and O–H groups in total. The summed E-state index contributed by atoms with van der Waals surface area (Å²) >= 11 is 0. The van der Waals surface area contributed by atoms with Crippen molar-refractivity contribution in [3.05, 3.63) is 51.3 Å². The molecular formula is C17H17N5O3. The molecule has 0 aliphatic rings. The molecule has 0 radical (unpaired) electrons. The molecule has 128 valence electrons. The highest BCUT2D eigenvalue weighted by atomic mass is 16.3. The lowest BCUT2D eigenvalue weighted by Crippen LogP contribution is -2.21. The zero-order valence-electron chi connectivity index (χ0n) is 14.3. The van der Waals surface area contributed by atoms with Gasteiger partial charge in [0.25, 0.3) is 11.5 Å². The summed E-state index contributed by atoms with van der Waals surface area (Å²) in [5.41, 5.74) is 0.604. The highest BCUT2D eigenvalue weighted by Gasteiger charge is 2.17. The van der Waals surface area contributed by atoms with Crippen LogP contribution in [0, 0.1) is 18.3 Å². The van der Waals surface area contributed by atoms with Crippen LogP contribution in [0.15, 0.2) is 39.3 Å². The number of pyridine rings is 1. The second-order valence-corrected chi connectivity index (χ2v) is 5.59. The second kappa shape index (κ2) is 6.97. The van der Waals surface area contributed by atoms with Crippen molar-refractivity contribution < 1.29 is 9.90 Å². The van der Waals surface area contributed by atoms with Crippen molar-refractivity contribution >= 4 is 17.3 Å². The lowest BCUT2D eigenvalue weighted by molar-refractivity contribution is 0.0827. The van der Waals surface area contributed by atoms with Gasteiger partial charge in [-0.05, 0) is 31.2 Å². The normalized spacial score (nSPS) is 10.7. The Hall–Kier alpha value is -3.47. The molecule has 0 aliphatic carbocycles. The number of hydrogen-bond donors (Lipinski definition) is 1. The number of carbonyl (C=O) groups is 1. The number of azo groups is 1. The number of nitriles is 1. The molecule has 0 fully saturated rings. The van der Waals surface area contributed by atoms with Crippen molar-refractivity contribution in [3.63, 3.8) is 0 Å². The van der Waals surface area contributed by atoms with Crippen molar-refractivity contribution in [2.75, 3.05) is 14.1 Å². The van der Waals surface area contributed by atoms with Crippen LogP contribution >= 0.6 is 0 Å². The number of hydrogen-bond acceptors (Lipinski definition) is 6. The zero-order valence-corrected chi connectivity index (χ0v) is 14.3. The summed E-state index contributed by atoms with van der Waals surface area (Å²) in [4.78, 5) is 25.5. The minimum atomic E-state index is -0.558. The summed E-state index contributed by atoms with van der Waals surface area (Å²) in [5, 5.41) is 26.9. The Kier molecular flexibility index (Phi) is 4.98. The Morgan fingerprint density at radius 1 is 1.24 bits per heavy atom. The lowest BCUT2D eigenvalue weighted by atomic mass is 10.1. The van der Waals surface area contributed by atoms with Gasteiger partial charge in [0.15, 0.2) is 5.69 Å². The molecule has 0 atom stereocenters. The number of carbonyl (C=O) groups excluding carboxylic acids is 1. The molecule has 2 rings (SSSR count). The summed E-state index contributed by atoms with van der Waals surface area (Å²) in [5.74, 6) is -0.541. The van der Waals surface area contributed by atoms with Crippen LogP contribution in [0.5, 0.6) is 5.88 Å². The van der Waals surface area contributed by atoms with E-state index in [4.69, 9.17) is 5.26 Å². The van der Waals surface area contributed by atoms with E-state index in [1.54, 1.807) is 38.4 Å². The summed E-state index contributed by atoms with van der Waals surface area (Å²) in [7, 11) is 4.66. The van der Waals surface area contributed by atoms with Gasteiger partial charge in [0.2, 0.25) is 5.88 Å². The predicted octanol–water partition coefficient (Wildman–Crippen LogP) is 2.39. The third kappa shape index (κ3) is 3.40. The van der Waals surface area contributed by atoms with Gasteiger partial charge in [-0.3, -0.25) is 14.2 Å². The molecule has 2 aromatic rings. The maximum absolute atomic E-state index is 12.2. The van der Waals surface area contributed by atoms with Crippen LogP contribution in [0.4, 0.5) is 11.4 Å². The highest BCUT2D eigenvalue weighted by molar-refractivity contribution is 5.94. The molecule has 0 saturated carbocycles. The quantitative estimate of drug-likeness (QED) is 0.865. The van der Waals surface area contributed by atoms with Gasteiger partial charge in [0.05, 0.1) is 5.69 Å². The van der Waals surface area contributed by atoms with Gasteiger partial charge in [-0.1, -0.05) is 0 Å². The first-order valence-corrected chi connectivity index (χ1v) is 7.34. The summed E-state index contributed by atoms with van der Waals surface area (Å²) in [6, 6.07) is 8.27. The monoisotopic (exact) mass is 339 g/mol. The van der Waals surface area contributed by atoms with Crippen LogP contribution in [0.3, 0.4) is 0 Å². The fourth-order valence-corrected chi connectivity index (χ4v) is 2.16. The maximum atomic E-state index is 12.2. The number of nitrogens with zero attached hydrogens (tertiary/aromatic N) is 5. The molecule has 0 spiro atoms. The highest BCUT2D eigenvalue weighted by Crippen LogP contribution is 2.26. The van der Waals surface area contributed by atoms with Gasteiger partial charge in [0, 0.05) is 32.3 Å². The SMILES string of the molecule is Cc1c(C#N)c(O)n(C)c(=O)c1N=Nc1ccc(C(=O)N(C)C)cc1. The topological polar surface area (TPSA) is 111 Å². The first kappa shape index (κ1) is 17.9. The fraction of sp³-hybridized carbons (Fsp3) is 0.235. The van der Waals surface area contributed by atoms with Crippen LogP contribution in [-0.4, -0.2) is 34.6 Å². The molecule has 1 aromatic carbocycles. The molecule has 8 heteroatoms. The molecule has 8 nitrogen and oxygen atoms in total. The van der Waals surface area contributed by atoms with E-state index >= 15 is 0 Å². The molecule has 0 bridgehead atoms. The first-order chi connectivity index (χ1) is 11.8. The summed E-state index contributed by atoms with van der Waals surface area (Å²) in [6.07, 6.45) is 0. The Labute approximate surface area is 144 Å². The number of amides is 1. The third-order valence-corrected chi connectivity index (χ3v) is 3.68. The largest absolute Gasteiger partial charge is 0.493 e. The Bertz CT molecular complexity index is 950. The Morgan fingerprint density at radius 2 is 1.84 bits per heavy atom. The van der Waals surface area contributed by atoms with Gasteiger partial charge in [-0.25, -0.2) is 0 Å². The van der Waals surface area contributed by atoms with Crippen molar-refractivity contribution in [3.8, 4) is 11.9 Å². The number of aromatic hydroxyl groups is 1. The Balaban J connectivity index is 2.41. The van der Waals surface area contributed by atoms with Crippen LogP contribution in [-0.2, 0) is 7.05 Å². The first-order valence-electron chi connectivity index (χ1n) is 7.34. The molecule has 0 aliphatic heterocycles. The minimum absolute atomic E-state index is 0.0229. The van der Waals surface area contributed by atoms with E-state index in [0.29, 0.717) is 11.3 Å². The van der Waals surface area contributed by atoms with E-state index < -0.39 is 11.4 Å². The van der Waals surface area contributed by atoms with Crippen molar-refractivity contribution in [2.45, 2.75) is 6.92 Å². The number of benzene rings is 1. The van der Waals surface area contributed by atoms with Gasteiger partial charge in [-0.15, -0.1) is 5.11 Å². The third-order valence-electron chi connectivity index (χ3n) is 3.68. The van der Waals surface area contributed by atoms with E-state index in [1.165, 1.54) is 18.9 Å². The molecule has 1 heterocycles. The Morgan fingerprint density at radius 3 is 2.36 bits per heavy atom. The molecule has 0 unspecified atom stereocenters. The summed E-state index contributed by atoms with van der Waals surface area (Å²) < 4.78 is 0.943. The van der Waals surface area contributed by atoms with Gasteiger partial charge in [0.1, 0.15) is 11.6 Å². The van der Waals surface area contributed by atoms with E-state index in [9.17, 15) is 14.7 Å². The second-order valence-electron chi connectivity index (χ2n) is 5.59. The van der Waals surface area contributed by atoms with Crippen LogP contribution in [0.2, 0.25) is 0 Å².